The molecular weight excluding hydrogens is 263 g/mol. The molecule has 0 spiro atoms. The summed E-state index contributed by atoms with van der Waals surface area (Å²) in [4.78, 5) is 2.41. The maximum atomic E-state index is 14.0. The SMILES string of the molecule is CCC1CCN(Cc2cc(CNC3CC3)ccc2F)CC1. The number of likely N-dealkylation sites (tertiary alicyclic amines) is 1. The van der Waals surface area contributed by atoms with Gasteiger partial charge in [-0.25, -0.2) is 4.39 Å². The minimum Gasteiger partial charge on any atom is -0.310 e. The van der Waals surface area contributed by atoms with Crippen molar-refractivity contribution >= 4 is 0 Å². The average Bonchev–Trinajstić information content (AvgIpc) is 3.33. The Morgan fingerprint density at radius 3 is 2.62 bits per heavy atom. The van der Waals surface area contributed by atoms with Crippen LogP contribution in [0.1, 0.15) is 50.2 Å². The molecule has 1 aliphatic heterocycles. The van der Waals surface area contributed by atoms with Crippen molar-refractivity contribution in [1.29, 1.82) is 0 Å². The highest BCUT2D eigenvalue weighted by molar-refractivity contribution is 5.25. The van der Waals surface area contributed by atoms with Crippen LogP contribution >= 0.6 is 0 Å². The van der Waals surface area contributed by atoms with E-state index in [0.717, 1.165) is 37.7 Å². The van der Waals surface area contributed by atoms with Crippen LogP contribution < -0.4 is 5.32 Å². The van der Waals surface area contributed by atoms with Crippen molar-refractivity contribution < 1.29 is 4.39 Å². The van der Waals surface area contributed by atoms with Gasteiger partial charge in [0.1, 0.15) is 5.82 Å². The largest absolute Gasteiger partial charge is 0.310 e. The lowest BCUT2D eigenvalue weighted by Crippen LogP contribution is -2.33. The standard InChI is InChI=1S/C18H27FN2/c1-2-14-7-9-21(10-8-14)13-16-11-15(3-6-18(16)19)12-20-17-4-5-17/h3,6,11,14,17,20H,2,4-5,7-10,12-13H2,1H3. The first-order valence-electron chi connectivity index (χ1n) is 8.47. The smallest absolute Gasteiger partial charge is 0.127 e. The van der Waals surface area contributed by atoms with Crippen molar-refractivity contribution in [3.63, 3.8) is 0 Å². The summed E-state index contributed by atoms with van der Waals surface area (Å²) in [5.74, 6) is 0.822. The Morgan fingerprint density at radius 1 is 1.19 bits per heavy atom. The van der Waals surface area contributed by atoms with Gasteiger partial charge < -0.3 is 5.32 Å². The highest BCUT2D eigenvalue weighted by Gasteiger charge is 2.21. The molecule has 0 unspecified atom stereocenters. The van der Waals surface area contributed by atoms with Crippen LogP contribution in [0.25, 0.3) is 0 Å². The molecule has 2 fully saturated rings. The van der Waals surface area contributed by atoms with Crippen molar-refractivity contribution in [2.45, 2.75) is 58.2 Å². The van der Waals surface area contributed by atoms with Gasteiger partial charge in [0.25, 0.3) is 0 Å². The van der Waals surface area contributed by atoms with E-state index in [4.69, 9.17) is 0 Å². The second kappa shape index (κ2) is 6.89. The molecule has 0 aromatic heterocycles. The molecule has 1 N–H and O–H groups in total. The number of piperidine rings is 1. The van der Waals surface area contributed by atoms with Gasteiger partial charge in [0.05, 0.1) is 0 Å². The molecule has 0 atom stereocenters. The Labute approximate surface area is 127 Å². The first-order valence-corrected chi connectivity index (χ1v) is 8.47. The number of nitrogens with zero attached hydrogens (tertiary/aromatic N) is 1. The van der Waals surface area contributed by atoms with E-state index in [2.05, 4.69) is 23.2 Å². The van der Waals surface area contributed by atoms with Crippen molar-refractivity contribution in [2.75, 3.05) is 13.1 Å². The van der Waals surface area contributed by atoms with Crippen LogP contribution in [0.4, 0.5) is 4.39 Å². The predicted octanol–water partition coefficient (Wildman–Crippen LogP) is 3.70. The van der Waals surface area contributed by atoms with Gasteiger partial charge in [-0.05, 0) is 56.3 Å². The first-order chi connectivity index (χ1) is 10.2. The number of hydrogen-bond donors (Lipinski definition) is 1. The van der Waals surface area contributed by atoms with Gasteiger partial charge in [-0.3, -0.25) is 4.90 Å². The van der Waals surface area contributed by atoms with E-state index in [1.54, 1.807) is 6.07 Å². The normalized spacial score (nSPS) is 20.9. The van der Waals surface area contributed by atoms with E-state index in [1.165, 1.54) is 37.7 Å². The van der Waals surface area contributed by atoms with Crippen molar-refractivity contribution in [2.24, 2.45) is 5.92 Å². The highest BCUT2D eigenvalue weighted by atomic mass is 19.1. The lowest BCUT2D eigenvalue weighted by molar-refractivity contribution is 0.173. The maximum Gasteiger partial charge on any atom is 0.127 e. The zero-order valence-electron chi connectivity index (χ0n) is 13.1. The molecule has 1 aromatic rings. The second-order valence-electron chi connectivity index (χ2n) is 6.71. The fraction of sp³-hybridized carbons (Fsp3) is 0.667. The summed E-state index contributed by atoms with van der Waals surface area (Å²) in [6.45, 7) is 6.14. The fourth-order valence-electron chi connectivity index (χ4n) is 3.20. The molecule has 0 bridgehead atoms. The fourth-order valence-corrected chi connectivity index (χ4v) is 3.20. The van der Waals surface area contributed by atoms with E-state index in [9.17, 15) is 4.39 Å². The third-order valence-corrected chi connectivity index (χ3v) is 4.96. The zero-order valence-corrected chi connectivity index (χ0v) is 13.1. The molecule has 1 saturated heterocycles. The highest BCUT2D eigenvalue weighted by Crippen LogP contribution is 2.23. The van der Waals surface area contributed by atoms with E-state index in [1.807, 2.05) is 6.07 Å². The summed E-state index contributed by atoms with van der Waals surface area (Å²) in [5.41, 5.74) is 2.07. The van der Waals surface area contributed by atoms with Crippen LogP contribution in [0, 0.1) is 11.7 Å². The molecule has 21 heavy (non-hydrogen) atoms. The lowest BCUT2D eigenvalue weighted by Gasteiger charge is -2.31. The summed E-state index contributed by atoms with van der Waals surface area (Å²) in [6.07, 6.45) is 6.40. The molecule has 0 radical (unpaired) electrons. The topological polar surface area (TPSA) is 15.3 Å². The van der Waals surface area contributed by atoms with Gasteiger partial charge in [0.15, 0.2) is 0 Å². The van der Waals surface area contributed by atoms with Gasteiger partial charge in [-0.15, -0.1) is 0 Å². The number of hydrogen-bond acceptors (Lipinski definition) is 2. The average molecular weight is 290 g/mol. The summed E-state index contributed by atoms with van der Waals surface area (Å²) in [5, 5.41) is 3.50. The Bertz CT molecular complexity index is 462. The third-order valence-electron chi connectivity index (χ3n) is 4.96. The van der Waals surface area contributed by atoms with Gasteiger partial charge >= 0.3 is 0 Å². The van der Waals surface area contributed by atoms with E-state index < -0.39 is 0 Å². The monoisotopic (exact) mass is 290 g/mol. The molecular formula is C18H27FN2. The number of nitrogens with one attached hydrogen (secondary N) is 1. The molecule has 2 aliphatic rings. The van der Waals surface area contributed by atoms with Crippen LogP contribution in [-0.4, -0.2) is 24.0 Å². The van der Waals surface area contributed by atoms with E-state index >= 15 is 0 Å². The summed E-state index contributed by atoms with van der Waals surface area (Å²) >= 11 is 0. The van der Waals surface area contributed by atoms with Crippen molar-refractivity contribution in [3.8, 4) is 0 Å². The Morgan fingerprint density at radius 2 is 1.95 bits per heavy atom. The molecule has 3 rings (SSSR count). The first kappa shape index (κ1) is 15.0. The van der Waals surface area contributed by atoms with Gasteiger partial charge in [-0.1, -0.05) is 25.5 Å². The molecule has 1 saturated carbocycles. The summed E-state index contributed by atoms with van der Waals surface area (Å²) < 4.78 is 14.0. The quantitative estimate of drug-likeness (QED) is 0.859. The molecule has 0 amide bonds. The summed E-state index contributed by atoms with van der Waals surface area (Å²) in [6, 6.07) is 6.30. The van der Waals surface area contributed by atoms with Gasteiger partial charge in [-0.2, -0.15) is 0 Å². The third kappa shape index (κ3) is 4.27. The Hall–Kier alpha value is -0.930. The minimum atomic E-state index is -0.0530. The molecule has 3 heteroatoms. The summed E-state index contributed by atoms with van der Waals surface area (Å²) in [7, 11) is 0. The zero-order chi connectivity index (χ0) is 14.7. The van der Waals surface area contributed by atoms with Crippen molar-refractivity contribution in [1.82, 2.24) is 10.2 Å². The number of halogens is 1. The maximum absolute atomic E-state index is 14.0. The van der Waals surface area contributed by atoms with E-state index in [0.29, 0.717) is 6.04 Å². The van der Waals surface area contributed by atoms with Gasteiger partial charge in [0.2, 0.25) is 0 Å². The van der Waals surface area contributed by atoms with Crippen LogP contribution in [0.3, 0.4) is 0 Å². The molecule has 1 heterocycles. The van der Waals surface area contributed by atoms with E-state index in [-0.39, 0.29) is 5.82 Å². The van der Waals surface area contributed by atoms with Crippen LogP contribution in [0.2, 0.25) is 0 Å². The van der Waals surface area contributed by atoms with Crippen LogP contribution in [-0.2, 0) is 13.1 Å². The Kier molecular flexibility index (Phi) is 4.91. The molecule has 116 valence electrons. The minimum absolute atomic E-state index is 0.0530. The molecule has 1 aromatic carbocycles. The lowest BCUT2D eigenvalue weighted by atomic mass is 9.94. The predicted molar refractivity (Wildman–Crippen MR) is 84.6 cm³/mol. The van der Waals surface area contributed by atoms with Gasteiger partial charge in [0, 0.05) is 24.7 Å². The Balaban J connectivity index is 1.57. The molecule has 1 aliphatic carbocycles. The number of benzene rings is 1. The van der Waals surface area contributed by atoms with Crippen LogP contribution in [0.5, 0.6) is 0 Å². The van der Waals surface area contributed by atoms with Crippen LogP contribution in [0.15, 0.2) is 18.2 Å². The number of rotatable bonds is 6. The molecule has 2 nitrogen and oxygen atoms in total. The van der Waals surface area contributed by atoms with Crippen molar-refractivity contribution in [3.05, 3.63) is 35.1 Å². The second-order valence-corrected chi connectivity index (χ2v) is 6.71.